The fourth-order valence-corrected chi connectivity index (χ4v) is 8.49. The smallest absolute Gasteiger partial charge is 0.238 e. The van der Waals surface area contributed by atoms with Gasteiger partial charge >= 0.3 is 0 Å². The summed E-state index contributed by atoms with van der Waals surface area (Å²) in [6.07, 6.45) is 9.60. The first-order valence-electron chi connectivity index (χ1n) is 11.0. The summed E-state index contributed by atoms with van der Waals surface area (Å²) in [6.45, 7) is 2.87. The molecule has 8 heteroatoms. The number of amides is 1. The number of hydrogen-bond donors (Lipinski definition) is 3. The Balaban J connectivity index is 1.52. The van der Waals surface area contributed by atoms with Crippen LogP contribution in [0.25, 0.3) is 0 Å². The fourth-order valence-electron chi connectivity index (χ4n) is 6.44. The van der Waals surface area contributed by atoms with Gasteiger partial charge in [-0.15, -0.1) is 0 Å². The van der Waals surface area contributed by atoms with E-state index in [2.05, 4.69) is 33.5 Å². The van der Waals surface area contributed by atoms with Crippen LogP contribution in [-0.4, -0.2) is 25.2 Å². The third kappa shape index (κ3) is 4.70. The Morgan fingerprint density at radius 2 is 1.90 bits per heavy atom. The summed E-state index contributed by atoms with van der Waals surface area (Å²) in [4.78, 5) is 13.1. The molecule has 0 heterocycles. The molecule has 1 aromatic rings. The summed E-state index contributed by atoms with van der Waals surface area (Å²) in [6, 6.07) is 4.63. The first-order valence-corrected chi connectivity index (χ1v) is 13.3. The fraction of sp³-hybridized carbons (Fsp3) is 0.682. The van der Waals surface area contributed by atoms with Crippen LogP contribution in [0.2, 0.25) is 0 Å². The summed E-state index contributed by atoms with van der Waals surface area (Å²) in [5.41, 5.74) is 1.28. The number of benzene rings is 1. The second kappa shape index (κ2) is 8.10. The Kier molecular flexibility index (Phi) is 5.96. The van der Waals surface area contributed by atoms with Gasteiger partial charge in [0.1, 0.15) is 0 Å². The van der Waals surface area contributed by atoms with E-state index in [-0.39, 0.29) is 20.5 Å². The van der Waals surface area contributed by atoms with Crippen molar-refractivity contribution in [1.29, 1.82) is 0 Å². The van der Waals surface area contributed by atoms with Gasteiger partial charge in [-0.3, -0.25) is 4.79 Å². The van der Waals surface area contributed by atoms with E-state index in [4.69, 9.17) is 5.14 Å². The number of carbonyl (C=O) groups is 1. The van der Waals surface area contributed by atoms with Crippen molar-refractivity contribution in [3.63, 3.8) is 0 Å². The number of sulfonamides is 1. The standard InChI is InChI=1S/C22H32BrN3O3S/c1-2-3-6-25-18-5-4-17(30(24,28)29)8-19(18)26-20(27)13-21-9-15-7-16(10-21)12-22(23,11-15)14-21/h4-5,8,15-16,25H,2-3,6-7,9-14H2,1H3,(H,26,27)(H2,24,28,29)/t15-,16-,21?,22?/m1/s1. The minimum Gasteiger partial charge on any atom is -0.383 e. The average Bonchev–Trinajstić information content (AvgIpc) is 2.59. The maximum Gasteiger partial charge on any atom is 0.238 e. The van der Waals surface area contributed by atoms with Crippen molar-refractivity contribution in [2.24, 2.45) is 22.4 Å². The van der Waals surface area contributed by atoms with E-state index < -0.39 is 10.0 Å². The van der Waals surface area contributed by atoms with Crippen LogP contribution in [0.5, 0.6) is 0 Å². The predicted molar refractivity (Wildman–Crippen MR) is 123 cm³/mol. The van der Waals surface area contributed by atoms with Gasteiger partial charge in [0, 0.05) is 17.3 Å². The molecule has 0 unspecified atom stereocenters. The molecule has 0 aliphatic heterocycles. The normalized spacial score (nSPS) is 32.2. The van der Waals surface area contributed by atoms with E-state index in [0.29, 0.717) is 12.1 Å². The largest absolute Gasteiger partial charge is 0.383 e. The first kappa shape index (κ1) is 22.1. The minimum atomic E-state index is -3.84. The molecule has 1 aromatic carbocycles. The topological polar surface area (TPSA) is 101 Å². The molecule has 4 saturated carbocycles. The van der Waals surface area contributed by atoms with E-state index in [1.54, 1.807) is 6.07 Å². The number of anilines is 2. The predicted octanol–water partition coefficient (Wildman–Crippen LogP) is 4.61. The lowest BCUT2D eigenvalue weighted by Gasteiger charge is -2.60. The summed E-state index contributed by atoms with van der Waals surface area (Å²) < 4.78 is 23.8. The first-order chi connectivity index (χ1) is 14.1. The second-order valence-corrected chi connectivity index (χ2v) is 13.1. The van der Waals surface area contributed by atoms with Crippen molar-refractivity contribution in [2.75, 3.05) is 17.2 Å². The molecule has 4 N–H and O–H groups in total. The summed E-state index contributed by atoms with van der Waals surface area (Å²) in [7, 11) is -3.84. The number of halogens is 1. The van der Waals surface area contributed by atoms with Crippen LogP contribution in [0.1, 0.15) is 64.7 Å². The summed E-state index contributed by atoms with van der Waals surface area (Å²) in [5.74, 6) is 1.39. The number of rotatable bonds is 8. The molecular formula is C22H32BrN3O3S. The second-order valence-electron chi connectivity index (χ2n) is 9.87. The molecule has 1 amide bonds. The van der Waals surface area contributed by atoms with Crippen molar-refractivity contribution < 1.29 is 13.2 Å². The molecule has 4 bridgehead atoms. The Labute approximate surface area is 187 Å². The molecule has 4 aliphatic rings. The SMILES string of the molecule is CCCCNc1ccc(S(N)(=O)=O)cc1NC(=O)CC12C[C@H]3C[C@@H](CC(Br)(C3)C1)C2. The van der Waals surface area contributed by atoms with Crippen LogP contribution in [0.15, 0.2) is 23.1 Å². The number of unbranched alkanes of at least 4 members (excludes halogenated alkanes) is 1. The summed E-state index contributed by atoms with van der Waals surface area (Å²) >= 11 is 4.01. The van der Waals surface area contributed by atoms with Crippen LogP contribution in [0.3, 0.4) is 0 Å². The van der Waals surface area contributed by atoms with E-state index in [9.17, 15) is 13.2 Å². The monoisotopic (exact) mass is 497 g/mol. The average molecular weight is 498 g/mol. The van der Waals surface area contributed by atoms with Gasteiger partial charge in [0.15, 0.2) is 0 Å². The number of hydrogen-bond acceptors (Lipinski definition) is 4. The van der Waals surface area contributed by atoms with Crippen LogP contribution in [0, 0.1) is 17.3 Å². The Morgan fingerprint density at radius 3 is 2.50 bits per heavy atom. The minimum absolute atomic E-state index is 0.00746. The van der Waals surface area contributed by atoms with Gasteiger partial charge in [-0.05, 0) is 80.4 Å². The van der Waals surface area contributed by atoms with Gasteiger partial charge in [-0.25, -0.2) is 13.6 Å². The highest BCUT2D eigenvalue weighted by molar-refractivity contribution is 9.10. The van der Waals surface area contributed by atoms with Crippen molar-refractivity contribution in [1.82, 2.24) is 0 Å². The van der Waals surface area contributed by atoms with Crippen LogP contribution in [-0.2, 0) is 14.8 Å². The molecule has 5 rings (SSSR count). The van der Waals surface area contributed by atoms with Gasteiger partial charge in [0.05, 0.1) is 16.3 Å². The van der Waals surface area contributed by atoms with E-state index in [1.807, 2.05) is 0 Å². The number of alkyl halides is 1. The van der Waals surface area contributed by atoms with E-state index in [0.717, 1.165) is 56.2 Å². The highest BCUT2D eigenvalue weighted by atomic mass is 79.9. The number of carbonyl (C=O) groups excluding carboxylic acids is 1. The number of nitrogens with two attached hydrogens (primary N) is 1. The molecule has 0 spiro atoms. The van der Waals surface area contributed by atoms with Gasteiger partial charge < -0.3 is 10.6 Å². The molecule has 0 saturated heterocycles. The third-order valence-electron chi connectivity index (χ3n) is 7.09. The lowest BCUT2D eigenvalue weighted by atomic mass is 9.48. The summed E-state index contributed by atoms with van der Waals surface area (Å²) in [5, 5.41) is 11.6. The molecule has 4 aliphatic carbocycles. The molecule has 0 aromatic heterocycles. The van der Waals surface area contributed by atoms with Crippen LogP contribution >= 0.6 is 15.9 Å². The van der Waals surface area contributed by atoms with Gasteiger partial charge in [-0.1, -0.05) is 29.3 Å². The van der Waals surface area contributed by atoms with Gasteiger partial charge in [0.2, 0.25) is 15.9 Å². The van der Waals surface area contributed by atoms with Gasteiger partial charge in [0.25, 0.3) is 0 Å². The highest BCUT2D eigenvalue weighted by Crippen LogP contribution is 2.65. The maximum absolute atomic E-state index is 13.1. The van der Waals surface area contributed by atoms with Gasteiger partial charge in [-0.2, -0.15) is 0 Å². The lowest BCUT2D eigenvalue weighted by molar-refractivity contribution is -0.123. The maximum atomic E-state index is 13.1. The molecule has 30 heavy (non-hydrogen) atoms. The van der Waals surface area contributed by atoms with Crippen LogP contribution < -0.4 is 15.8 Å². The van der Waals surface area contributed by atoms with Crippen molar-refractivity contribution in [2.45, 2.75) is 73.9 Å². The highest BCUT2D eigenvalue weighted by Gasteiger charge is 2.57. The zero-order valence-corrected chi connectivity index (χ0v) is 19.9. The van der Waals surface area contributed by atoms with Crippen molar-refractivity contribution in [3.05, 3.63) is 18.2 Å². The molecule has 4 fully saturated rings. The van der Waals surface area contributed by atoms with E-state index in [1.165, 1.54) is 31.4 Å². The molecule has 6 nitrogen and oxygen atoms in total. The Morgan fingerprint density at radius 1 is 1.20 bits per heavy atom. The Bertz CT molecular complexity index is 920. The molecular weight excluding hydrogens is 466 g/mol. The number of nitrogens with one attached hydrogen (secondary N) is 2. The molecule has 0 radical (unpaired) electrons. The van der Waals surface area contributed by atoms with Crippen LogP contribution in [0.4, 0.5) is 11.4 Å². The lowest BCUT2D eigenvalue weighted by Crippen LogP contribution is -2.53. The third-order valence-corrected chi connectivity index (χ3v) is 8.92. The van der Waals surface area contributed by atoms with E-state index >= 15 is 0 Å². The number of primary sulfonamides is 1. The van der Waals surface area contributed by atoms with Crippen molar-refractivity contribution in [3.8, 4) is 0 Å². The zero-order valence-electron chi connectivity index (χ0n) is 17.5. The zero-order chi connectivity index (χ0) is 21.6. The quantitative estimate of drug-likeness (QED) is 0.360. The molecule has 166 valence electrons. The Hall–Kier alpha value is -1.12. The molecule has 2 atom stereocenters. The van der Waals surface area contributed by atoms with Crippen molar-refractivity contribution >= 4 is 43.2 Å².